The van der Waals surface area contributed by atoms with Crippen LogP contribution in [-0.2, 0) is 33.6 Å². The summed E-state index contributed by atoms with van der Waals surface area (Å²) in [7, 11) is 0. The van der Waals surface area contributed by atoms with Crippen molar-refractivity contribution in [3.05, 3.63) is 51.6 Å². The molecule has 1 N–H and O–H groups in total. The smallest absolute Gasteiger partial charge is 0.310 e. The standard InChI is InChI=1S/C23H22N2O4S/c1-13-3-5-16-15(11-28-19(16)7-13)9-22(27)29-12-21(26)25-23-18(10-24)17-6-4-14(2)8-20(17)30-23/h3,5,7,11,14H,4,6,8-9,12H2,1-2H3,(H,25,26)/t14-/m0/s1. The minimum Gasteiger partial charge on any atom is -0.464 e. The van der Waals surface area contributed by atoms with E-state index >= 15 is 0 Å². The second-order valence-electron chi connectivity index (χ2n) is 7.81. The molecule has 1 atom stereocenters. The van der Waals surface area contributed by atoms with Crippen LogP contribution in [0.3, 0.4) is 0 Å². The molecule has 0 aliphatic heterocycles. The molecule has 1 aromatic carbocycles. The molecule has 4 rings (SSSR count). The van der Waals surface area contributed by atoms with Crippen LogP contribution in [0.1, 0.15) is 40.5 Å². The summed E-state index contributed by atoms with van der Waals surface area (Å²) in [5, 5.41) is 13.7. The molecular weight excluding hydrogens is 400 g/mol. The molecule has 0 fully saturated rings. The van der Waals surface area contributed by atoms with Crippen LogP contribution in [-0.4, -0.2) is 18.5 Å². The fourth-order valence-electron chi connectivity index (χ4n) is 3.80. The van der Waals surface area contributed by atoms with Crippen molar-refractivity contribution in [2.75, 3.05) is 11.9 Å². The summed E-state index contributed by atoms with van der Waals surface area (Å²) in [5.41, 5.74) is 4.11. The molecule has 1 aliphatic carbocycles. The van der Waals surface area contributed by atoms with Crippen LogP contribution in [0.5, 0.6) is 0 Å². The minimum absolute atomic E-state index is 0.0258. The molecule has 0 radical (unpaired) electrons. The van der Waals surface area contributed by atoms with Gasteiger partial charge in [0.15, 0.2) is 6.61 Å². The lowest BCUT2D eigenvalue weighted by atomic mass is 9.89. The number of rotatable bonds is 5. The van der Waals surface area contributed by atoms with Gasteiger partial charge in [0.25, 0.3) is 5.91 Å². The molecule has 0 saturated carbocycles. The van der Waals surface area contributed by atoms with Gasteiger partial charge < -0.3 is 14.5 Å². The van der Waals surface area contributed by atoms with Crippen molar-refractivity contribution < 1.29 is 18.7 Å². The second-order valence-corrected chi connectivity index (χ2v) is 8.92. The lowest BCUT2D eigenvalue weighted by molar-refractivity contribution is -0.146. The average Bonchev–Trinajstić information content (AvgIpc) is 3.25. The van der Waals surface area contributed by atoms with Gasteiger partial charge >= 0.3 is 5.97 Å². The number of benzene rings is 1. The number of esters is 1. The summed E-state index contributed by atoms with van der Waals surface area (Å²) < 4.78 is 10.6. The number of anilines is 1. The molecule has 7 heteroatoms. The Hall–Kier alpha value is -3.11. The highest BCUT2D eigenvalue weighted by atomic mass is 32.1. The monoisotopic (exact) mass is 422 g/mol. The van der Waals surface area contributed by atoms with E-state index in [1.807, 2.05) is 25.1 Å². The van der Waals surface area contributed by atoms with Crippen LogP contribution >= 0.6 is 11.3 Å². The summed E-state index contributed by atoms with van der Waals surface area (Å²) in [6, 6.07) is 7.99. The normalized spacial score (nSPS) is 15.4. The van der Waals surface area contributed by atoms with Crippen LogP contribution in [0, 0.1) is 24.2 Å². The zero-order chi connectivity index (χ0) is 21.3. The fourth-order valence-corrected chi connectivity index (χ4v) is 5.18. The van der Waals surface area contributed by atoms with E-state index < -0.39 is 18.5 Å². The molecule has 1 aliphatic rings. The number of furan rings is 1. The first-order valence-corrected chi connectivity index (χ1v) is 10.7. The number of fused-ring (bicyclic) bond motifs is 2. The predicted octanol–water partition coefficient (Wildman–Crippen LogP) is 4.52. The molecule has 0 bridgehead atoms. The number of aryl methyl sites for hydroxylation is 1. The molecule has 0 spiro atoms. The van der Waals surface area contributed by atoms with Crippen LogP contribution in [0.2, 0.25) is 0 Å². The molecule has 0 unspecified atom stereocenters. The first kappa shape index (κ1) is 20.2. The predicted molar refractivity (Wildman–Crippen MR) is 114 cm³/mol. The third-order valence-corrected chi connectivity index (χ3v) is 6.56. The Balaban J connectivity index is 1.36. The van der Waals surface area contributed by atoms with Crippen LogP contribution in [0.4, 0.5) is 5.00 Å². The van der Waals surface area contributed by atoms with Gasteiger partial charge in [0.05, 0.1) is 18.2 Å². The van der Waals surface area contributed by atoms with Crippen molar-refractivity contribution in [1.29, 1.82) is 5.26 Å². The van der Waals surface area contributed by atoms with E-state index in [1.54, 1.807) is 6.26 Å². The van der Waals surface area contributed by atoms with Gasteiger partial charge in [-0.25, -0.2) is 0 Å². The maximum atomic E-state index is 12.3. The van der Waals surface area contributed by atoms with Crippen LogP contribution in [0.25, 0.3) is 11.0 Å². The van der Waals surface area contributed by atoms with E-state index in [9.17, 15) is 14.9 Å². The minimum atomic E-state index is -0.506. The number of nitrogens with one attached hydrogen (secondary N) is 1. The van der Waals surface area contributed by atoms with Gasteiger partial charge in [-0.3, -0.25) is 9.59 Å². The van der Waals surface area contributed by atoms with Crippen LogP contribution in [0.15, 0.2) is 28.9 Å². The van der Waals surface area contributed by atoms with Gasteiger partial charge in [-0.2, -0.15) is 5.26 Å². The van der Waals surface area contributed by atoms with Crippen molar-refractivity contribution in [3.8, 4) is 6.07 Å². The van der Waals surface area contributed by atoms with E-state index in [1.165, 1.54) is 16.2 Å². The molecule has 1 amide bonds. The summed E-state index contributed by atoms with van der Waals surface area (Å²) in [5.74, 6) is -0.373. The molecular formula is C23H22N2O4S. The Morgan fingerprint density at radius 2 is 2.23 bits per heavy atom. The van der Waals surface area contributed by atoms with Crippen molar-refractivity contribution in [1.82, 2.24) is 0 Å². The Morgan fingerprint density at radius 1 is 1.40 bits per heavy atom. The molecule has 30 heavy (non-hydrogen) atoms. The maximum Gasteiger partial charge on any atom is 0.310 e. The van der Waals surface area contributed by atoms with Gasteiger partial charge in [-0.15, -0.1) is 11.3 Å². The highest BCUT2D eigenvalue weighted by Gasteiger charge is 2.25. The topological polar surface area (TPSA) is 92.3 Å². The molecule has 154 valence electrons. The lowest BCUT2D eigenvalue weighted by Gasteiger charge is -2.17. The molecule has 2 aromatic heterocycles. The molecule has 6 nitrogen and oxygen atoms in total. The van der Waals surface area contributed by atoms with Crippen molar-refractivity contribution >= 4 is 39.2 Å². The molecule has 2 heterocycles. The number of amides is 1. The van der Waals surface area contributed by atoms with E-state index in [-0.39, 0.29) is 6.42 Å². The number of hydrogen-bond donors (Lipinski definition) is 1. The Morgan fingerprint density at radius 3 is 3.03 bits per heavy atom. The first-order chi connectivity index (χ1) is 14.4. The highest BCUT2D eigenvalue weighted by Crippen LogP contribution is 2.39. The third kappa shape index (κ3) is 4.10. The number of nitrogens with zero attached hydrogens (tertiary/aromatic N) is 1. The van der Waals surface area contributed by atoms with E-state index in [0.29, 0.717) is 16.5 Å². The number of thiophene rings is 1. The Kier molecular flexibility index (Phi) is 5.60. The molecule has 3 aromatic rings. The quantitative estimate of drug-likeness (QED) is 0.610. The summed E-state index contributed by atoms with van der Waals surface area (Å²) >= 11 is 1.45. The van der Waals surface area contributed by atoms with Crippen LogP contribution < -0.4 is 5.32 Å². The zero-order valence-corrected chi connectivity index (χ0v) is 17.7. The van der Waals surface area contributed by atoms with E-state index in [0.717, 1.165) is 46.9 Å². The number of ether oxygens (including phenoxy) is 1. The summed E-state index contributed by atoms with van der Waals surface area (Å²) in [6.07, 6.45) is 4.40. The van der Waals surface area contributed by atoms with Gasteiger partial charge in [0.1, 0.15) is 16.7 Å². The van der Waals surface area contributed by atoms with Crippen molar-refractivity contribution in [2.24, 2.45) is 5.92 Å². The number of carbonyl (C=O) groups is 2. The number of carbonyl (C=O) groups excluding carboxylic acids is 2. The largest absolute Gasteiger partial charge is 0.464 e. The van der Waals surface area contributed by atoms with Crippen molar-refractivity contribution in [3.63, 3.8) is 0 Å². The van der Waals surface area contributed by atoms with Crippen molar-refractivity contribution in [2.45, 2.75) is 39.5 Å². The summed E-state index contributed by atoms with van der Waals surface area (Å²) in [4.78, 5) is 25.7. The maximum absolute atomic E-state index is 12.3. The Labute approximate surface area is 178 Å². The highest BCUT2D eigenvalue weighted by molar-refractivity contribution is 7.16. The number of hydrogen-bond acceptors (Lipinski definition) is 6. The zero-order valence-electron chi connectivity index (χ0n) is 16.9. The number of nitriles is 1. The lowest BCUT2D eigenvalue weighted by Crippen LogP contribution is -2.21. The average molecular weight is 423 g/mol. The summed E-state index contributed by atoms with van der Waals surface area (Å²) in [6.45, 7) is 3.77. The third-order valence-electron chi connectivity index (χ3n) is 5.39. The van der Waals surface area contributed by atoms with Gasteiger partial charge in [-0.05, 0) is 49.3 Å². The van der Waals surface area contributed by atoms with Gasteiger partial charge in [0.2, 0.25) is 0 Å². The molecule has 0 saturated heterocycles. The second kappa shape index (κ2) is 8.33. The van der Waals surface area contributed by atoms with E-state index in [2.05, 4.69) is 18.3 Å². The first-order valence-electron chi connectivity index (χ1n) is 9.91. The Bertz CT molecular complexity index is 1170. The van der Waals surface area contributed by atoms with Gasteiger partial charge in [0, 0.05) is 15.8 Å². The van der Waals surface area contributed by atoms with Gasteiger partial charge in [-0.1, -0.05) is 19.1 Å². The van der Waals surface area contributed by atoms with E-state index in [4.69, 9.17) is 9.15 Å². The fraction of sp³-hybridized carbons (Fsp3) is 0.348. The SMILES string of the molecule is Cc1ccc2c(CC(=O)OCC(=O)Nc3sc4c(c3C#N)CC[C@H](C)C4)coc2c1.